The molecule has 0 atom stereocenters. The van der Waals surface area contributed by atoms with Gasteiger partial charge in [-0.25, -0.2) is 9.97 Å². The minimum absolute atomic E-state index is 0.0439. The van der Waals surface area contributed by atoms with Crippen LogP contribution in [0.25, 0.3) is 0 Å². The van der Waals surface area contributed by atoms with Crippen LogP contribution in [-0.4, -0.2) is 25.1 Å². The normalized spacial score (nSPS) is 10.3. The van der Waals surface area contributed by atoms with Gasteiger partial charge in [-0.3, -0.25) is 10.1 Å². The summed E-state index contributed by atoms with van der Waals surface area (Å²) < 4.78 is 0.554. The fourth-order valence-corrected chi connectivity index (χ4v) is 2.47. The van der Waals surface area contributed by atoms with Crippen molar-refractivity contribution in [1.29, 1.82) is 0 Å². The predicted molar refractivity (Wildman–Crippen MR) is 57.7 cm³/mol. The molecule has 2 aromatic rings. The lowest BCUT2D eigenvalue weighted by molar-refractivity contribution is -0.388. The van der Waals surface area contributed by atoms with E-state index in [1.54, 1.807) is 0 Å². The van der Waals surface area contributed by atoms with E-state index in [9.17, 15) is 10.1 Å². The Bertz CT molecular complexity index is 520. The number of hydrogen-bond donors (Lipinski definition) is 0. The number of halogens is 1. The molecule has 0 saturated heterocycles. The summed E-state index contributed by atoms with van der Waals surface area (Å²) in [5.74, 6) is 0. The van der Waals surface area contributed by atoms with Gasteiger partial charge in [-0.2, -0.15) is 0 Å². The van der Waals surface area contributed by atoms with Crippen LogP contribution in [0.3, 0.4) is 0 Å². The summed E-state index contributed by atoms with van der Waals surface area (Å²) in [7, 11) is 0. The Labute approximate surface area is 102 Å². The molecule has 10 heteroatoms. The molecular weight excluding hydrogens is 274 g/mol. The number of aromatic nitrogens is 4. The van der Waals surface area contributed by atoms with Gasteiger partial charge >= 0.3 is 5.69 Å². The second-order valence-electron chi connectivity index (χ2n) is 2.39. The van der Waals surface area contributed by atoms with Crippen molar-refractivity contribution in [1.82, 2.24) is 20.2 Å². The Morgan fingerprint density at radius 3 is 3.00 bits per heavy atom. The highest BCUT2D eigenvalue weighted by atomic mass is 35.5. The topological polar surface area (TPSA) is 94.7 Å². The number of nitro groups is 1. The number of nitrogens with zero attached hydrogens (tertiary/aromatic N) is 5. The van der Waals surface area contributed by atoms with Gasteiger partial charge in [-0.1, -0.05) is 11.3 Å². The molecule has 16 heavy (non-hydrogen) atoms. The zero-order valence-electron chi connectivity index (χ0n) is 7.40. The highest BCUT2D eigenvalue weighted by molar-refractivity contribution is 8.01. The van der Waals surface area contributed by atoms with Crippen LogP contribution in [0.5, 0.6) is 0 Å². The average Bonchev–Trinajstić information content (AvgIpc) is 2.70. The van der Waals surface area contributed by atoms with Gasteiger partial charge in [0.15, 0.2) is 9.37 Å². The molecule has 0 aliphatic heterocycles. The summed E-state index contributed by atoms with van der Waals surface area (Å²) in [6, 6.07) is 0. The molecule has 0 saturated carbocycles. The lowest BCUT2D eigenvalue weighted by Gasteiger charge is -1.98. The van der Waals surface area contributed by atoms with Crippen LogP contribution < -0.4 is 0 Å². The Kier molecular flexibility index (Phi) is 3.27. The molecule has 2 aromatic heterocycles. The van der Waals surface area contributed by atoms with Crippen LogP contribution in [0, 0.1) is 10.1 Å². The Morgan fingerprint density at radius 1 is 1.56 bits per heavy atom. The number of rotatable bonds is 3. The maximum absolute atomic E-state index is 10.7. The molecule has 0 aliphatic rings. The largest absolute Gasteiger partial charge is 0.320 e. The summed E-state index contributed by atoms with van der Waals surface area (Å²) in [4.78, 5) is 17.5. The summed E-state index contributed by atoms with van der Waals surface area (Å²) in [6.45, 7) is 0. The van der Waals surface area contributed by atoms with Crippen molar-refractivity contribution in [3.05, 3.63) is 27.1 Å². The van der Waals surface area contributed by atoms with Crippen LogP contribution in [0.1, 0.15) is 0 Å². The van der Waals surface area contributed by atoms with Gasteiger partial charge in [0.2, 0.25) is 5.28 Å². The van der Waals surface area contributed by atoms with Crippen molar-refractivity contribution in [2.75, 3.05) is 0 Å². The third-order valence-electron chi connectivity index (χ3n) is 1.43. The molecule has 82 valence electrons. The second-order valence-corrected chi connectivity index (χ2v) is 4.80. The van der Waals surface area contributed by atoms with Crippen LogP contribution >= 0.6 is 34.7 Å². The quantitative estimate of drug-likeness (QED) is 0.366. The molecule has 2 heterocycles. The van der Waals surface area contributed by atoms with Crippen LogP contribution in [0.15, 0.2) is 21.1 Å². The molecule has 0 spiro atoms. The van der Waals surface area contributed by atoms with E-state index in [1.165, 1.54) is 16.8 Å². The van der Waals surface area contributed by atoms with E-state index in [1.807, 2.05) is 0 Å². The van der Waals surface area contributed by atoms with E-state index in [2.05, 4.69) is 20.2 Å². The lowest BCUT2D eigenvalue weighted by Crippen LogP contribution is -1.95. The predicted octanol–water partition coefficient (Wildman–Crippen LogP) is 2.04. The smallest absolute Gasteiger partial charge is 0.258 e. The van der Waals surface area contributed by atoms with Gasteiger partial charge in [-0.15, -0.1) is 10.2 Å². The first-order valence-corrected chi connectivity index (χ1v) is 5.85. The van der Waals surface area contributed by atoms with Crippen molar-refractivity contribution in [2.24, 2.45) is 0 Å². The monoisotopic (exact) mass is 275 g/mol. The minimum atomic E-state index is -0.570. The highest BCUT2D eigenvalue weighted by Crippen LogP contribution is 2.33. The molecular formula is C6H2ClN5O2S2. The van der Waals surface area contributed by atoms with E-state index in [0.29, 0.717) is 4.34 Å². The maximum atomic E-state index is 10.7. The molecule has 0 amide bonds. The number of hydrogen-bond acceptors (Lipinski definition) is 8. The molecule has 0 fully saturated rings. The molecule has 0 N–H and O–H groups in total. The van der Waals surface area contributed by atoms with Gasteiger partial charge in [0.25, 0.3) is 0 Å². The SMILES string of the molecule is O=[N+]([O-])c1cnc(Cl)nc1Sc1nncs1. The zero-order valence-corrected chi connectivity index (χ0v) is 9.79. The Hall–Kier alpha value is -1.32. The van der Waals surface area contributed by atoms with Crippen molar-refractivity contribution in [3.8, 4) is 0 Å². The van der Waals surface area contributed by atoms with E-state index < -0.39 is 4.92 Å². The third-order valence-corrected chi connectivity index (χ3v) is 3.38. The fourth-order valence-electron chi connectivity index (χ4n) is 0.830. The van der Waals surface area contributed by atoms with Gasteiger partial charge in [0, 0.05) is 0 Å². The van der Waals surface area contributed by atoms with Gasteiger partial charge in [0.1, 0.15) is 11.7 Å². The fraction of sp³-hybridized carbons (Fsp3) is 0. The van der Waals surface area contributed by atoms with Crippen LogP contribution in [0.4, 0.5) is 5.69 Å². The summed E-state index contributed by atoms with van der Waals surface area (Å²) in [5, 5.41) is 18.2. The molecule has 2 rings (SSSR count). The Balaban J connectivity index is 2.38. The van der Waals surface area contributed by atoms with Crippen molar-refractivity contribution in [2.45, 2.75) is 9.37 Å². The summed E-state index contributed by atoms with van der Waals surface area (Å²) in [6.07, 6.45) is 1.07. The maximum Gasteiger partial charge on any atom is 0.320 e. The lowest BCUT2D eigenvalue weighted by atomic mass is 10.6. The molecule has 7 nitrogen and oxygen atoms in total. The molecule has 0 aliphatic carbocycles. The molecule has 0 unspecified atom stereocenters. The average molecular weight is 276 g/mol. The molecule has 0 aromatic carbocycles. The molecule has 0 bridgehead atoms. The second kappa shape index (κ2) is 4.68. The van der Waals surface area contributed by atoms with Gasteiger partial charge in [-0.05, 0) is 23.4 Å². The summed E-state index contributed by atoms with van der Waals surface area (Å²) >= 11 is 7.86. The van der Waals surface area contributed by atoms with Crippen LogP contribution in [-0.2, 0) is 0 Å². The third kappa shape index (κ3) is 2.43. The van der Waals surface area contributed by atoms with E-state index >= 15 is 0 Å². The van der Waals surface area contributed by atoms with Gasteiger partial charge in [0.05, 0.1) is 4.92 Å². The van der Waals surface area contributed by atoms with Crippen molar-refractivity contribution >= 4 is 40.4 Å². The van der Waals surface area contributed by atoms with Crippen molar-refractivity contribution in [3.63, 3.8) is 0 Å². The van der Waals surface area contributed by atoms with Crippen molar-refractivity contribution < 1.29 is 4.92 Å². The van der Waals surface area contributed by atoms with E-state index in [-0.39, 0.29) is 16.0 Å². The summed E-state index contributed by atoms with van der Waals surface area (Å²) in [5.41, 5.74) is 1.32. The van der Waals surface area contributed by atoms with Gasteiger partial charge < -0.3 is 0 Å². The van der Waals surface area contributed by atoms with E-state index in [4.69, 9.17) is 11.6 Å². The van der Waals surface area contributed by atoms with Crippen LogP contribution in [0.2, 0.25) is 5.28 Å². The minimum Gasteiger partial charge on any atom is -0.258 e. The Morgan fingerprint density at radius 2 is 2.38 bits per heavy atom. The standard InChI is InChI=1S/C6H2ClN5O2S2/c7-5-8-1-3(12(13)14)4(10-5)16-6-11-9-2-15-6/h1-2H. The zero-order chi connectivity index (χ0) is 11.5. The van der Waals surface area contributed by atoms with E-state index in [0.717, 1.165) is 18.0 Å². The first-order valence-electron chi connectivity index (χ1n) is 3.78. The first kappa shape index (κ1) is 11.2. The highest BCUT2D eigenvalue weighted by Gasteiger charge is 2.19. The first-order chi connectivity index (χ1) is 7.66. The molecule has 0 radical (unpaired) electrons.